The molecule has 0 atom stereocenters. The van der Waals surface area contributed by atoms with E-state index in [0.717, 1.165) is 5.56 Å². The van der Waals surface area contributed by atoms with Gasteiger partial charge in [0.1, 0.15) is 17.3 Å². The summed E-state index contributed by atoms with van der Waals surface area (Å²) in [5, 5.41) is 55.4. The highest BCUT2D eigenvalue weighted by Gasteiger charge is 2.10. The number of methoxy groups -OCH3 is 1. The lowest BCUT2D eigenvalue weighted by Crippen LogP contribution is -2.01. The van der Waals surface area contributed by atoms with Crippen LogP contribution in [0.3, 0.4) is 0 Å². The quantitative estimate of drug-likeness (QED) is 0.285. The molecule has 0 unspecified atom stereocenters. The average Bonchev–Trinajstić information content (AvgIpc) is 2.80. The molecule has 2 aromatic rings. The first kappa shape index (κ1) is 28.1. The van der Waals surface area contributed by atoms with Crippen molar-refractivity contribution < 1.29 is 45.0 Å². The van der Waals surface area contributed by atoms with Crippen LogP contribution in [0.5, 0.6) is 11.5 Å². The summed E-state index contributed by atoms with van der Waals surface area (Å²) >= 11 is 0. The van der Waals surface area contributed by atoms with Gasteiger partial charge in [-0.15, -0.1) is 0 Å². The zero-order valence-electron chi connectivity index (χ0n) is 18.9. The predicted octanol–water partition coefficient (Wildman–Crippen LogP) is 1.38. The fourth-order valence-corrected chi connectivity index (χ4v) is 3.22. The Morgan fingerprint density at radius 1 is 0.758 bits per heavy atom. The molecule has 2 aromatic carbocycles. The maximum Gasteiger partial charge on any atom is 0.305 e. The van der Waals surface area contributed by atoms with Crippen LogP contribution in [-0.4, -0.2) is 49.5 Å². The lowest BCUT2D eigenvalue weighted by atomic mass is 10.0. The number of aliphatic hydroxyl groups is 4. The predicted molar refractivity (Wildman–Crippen MR) is 119 cm³/mol. The highest BCUT2D eigenvalue weighted by atomic mass is 16.5. The van der Waals surface area contributed by atoms with Crippen LogP contribution >= 0.6 is 0 Å². The Morgan fingerprint density at radius 2 is 1.15 bits per heavy atom. The fourth-order valence-electron chi connectivity index (χ4n) is 3.22. The molecule has 0 spiro atoms. The van der Waals surface area contributed by atoms with Crippen molar-refractivity contribution in [3.05, 3.63) is 57.6 Å². The lowest BCUT2D eigenvalue weighted by molar-refractivity contribution is -0.140. The van der Waals surface area contributed by atoms with Crippen molar-refractivity contribution in [2.75, 3.05) is 7.11 Å². The van der Waals surface area contributed by atoms with Gasteiger partial charge in [-0.3, -0.25) is 9.59 Å². The topological polar surface area (TPSA) is 165 Å². The number of hydrogen-bond donors (Lipinski definition) is 6. The number of aliphatic hydroxyl groups excluding tert-OH is 4. The van der Waals surface area contributed by atoms with E-state index >= 15 is 0 Å². The van der Waals surface area contributed by atoms with E-state index in [9.17, 15) is 19.8 Å². The van der Waals surface area contributed by atoms with E-state index in [0.29, 0.717) is 47.1 Å². The first-order chi connectivity index (χ1) is 15.7. The van der Waals surface area contributed by atoms with Crippen LogP contribution in [0.25, 0.3) is 0 Å². The number of aryl methyl sites for hydroxylation is 1. The van der Waals surface area contributed by atoms with Crippen molar-refractivity contribution in [1.82, 2.24) is 0 Å². The second-order valence-electron chi connectivity index (χ2n) is 7.47. The van der Waals surface area contributed by atoms with Gasteiger partial charge < -0.3 is 35.4 Å². The molecule has 0 aliphatic rings. The van der Waals surface area contributed by atoms with Gasteiger partial charge in [-0.05, 0) is 55.2 Å². The summed E-state index contributed by atoms with van der Waals surface area (Å²) in [5.41, 5.74) is 2.98. The third-order valence-corrected chi connectivity index (χ3v) is 4.86. The summed E-state index contributed by atoms with van der Waals surface area (Å²) in [5.74, 6) is -0.448. The molecular formula is C24H32O9. The maximum absolute atomic E-state index is 11.0. The number of hydrogen-bond acceptors (Lipinski definition) is 9. The summed E-state index contributed by atoms with van der Waals surface area (Å²) in [6.45, 7) is 0.257. The highest BCUT2D eigenvalue weighted by Crippen LogP contribution is 2.26. The standard InChI is InChI=1S/C13H18O5.C11H14O4/c1-18-12(16)4-2-3-9-5-10(7-14)13(17)11(6-9)8-15;1-7(14)2-8-3-9(5-12)11(15)10(4-8)6-13/h5-6,14-15,17H,2-4,7-8H2,1H3;3-4,12-13,15H,2,5-6H2,1H3. The number of Topliss-reactive ketones (excluding diaryl/α,β-unsaturated/α-hetero) is 1. The van der Waals surface area contributed by atoms with Crippen molar-refractivity contribution in [2.24, 2.45) is 0 Å². The molecule has 0 aliphatic carbocycles. The second-order valence-corrected chi connectivity index (χ2v) is 7.47. The van der Waals surface area contributed by atoms with E-state index in [2.05, 4.69) is 4.74 Å². The van der Waals surface area contributed by atoms with Crippen molar-refractivity contribution in [2.45, 2.75) is 59.0 Å². The molecule has 9 nitrogen and oxygen atoms in total. The molecule has 33 heavy (non-hydrogen) atoms. The number of rotatable bonds is 10. The van der Waals surface area contributed by atoms with E-state index < -0.39 is 0 Å². The average molecular weight is 465 g/mol. The van der Waals surface area contributed by atoms with Gasteiger partial charge in [-0.2, -0.15) is 0 Å². The molecule has 9 heteroatoms. The Labute approximate surface area is 192 Å². The summed E-state index contributed by atoms with van der Waals surface area (Å²) in [7, 11) is 1.34. The maximum atomic E-state index is 11.0. The van der Waals surface area contributed by atoms with Gasteiger partial charge in [0.15, 0.2) is 0 Å². The van der Waals surface area contributed by atoms with E-state index in [1.54, 1.807) is 24.3 Å². The van der Waals surface area contributed by atoms with E-state index in [1.165, 1.54) is 14.0 Å². The largest absolute Gasteiger partial charge is 0.507 e. The molecule has 0 aromatic heterocycles. The van der Waals surface area contributed by atoms with Crippen LogP contribution in [0.15, 0.2) is 24.3 Å². The van der Waals surface area contributed by atoms with Crippen LogP contribution in [-0.2, 0) is 53.6 Å². The third kappa shape index (κ3) is 8.82. The van der Waals surface area contributed by atoms with Gasteiger partial charge in [0, 0.05) is 35.1 Å². The number of aromatic hydroxyl groups is 2. The third-order valence-electron chi connectivity index (χ3n) is 4.86. The second kappa shape index (κ2) is 14.2. The Morgan fingerprint density at radius 3 is 1.48 bits per heavy atom. The van der Waals surface area contributed by atoms with Gasteiger partial charge in [-0.25, -0.2) is 0 Å². The van der Waals surface area contributed by atoms with Crippen LogP contribution in [0.2, 0.25) is 0 Å². The summed E-state index contributed by atoms with van der Waals surface area (Å²) < 4.78 is 4.54. The Hall–Kier alpha value is -2.98. The SMILES string of the molecule is CC(=O)Cc1cc(CO)c(O)c(CO)c1.COC(=O)CCCc1cc(CO)c(O)c(CO)c1. The molecule has 0 heterocycles. The smallest absolute Gasteiger partial charge is 0.305 e. The number of ketones is 1. The fraction of sp³-hybridized carbons (Fsp3) is 0.417. The van der Waals surface area contributed by atoms with Crippen molar-refractivity contribution in [1.29, 1.82) is 0 Å². The molecule has 2 rings (SSSR count). The minimum Gasteiger partial charge on any atom is -0.507 e. The minimum absolute atomic E-state index is 0.00605. The molecule has 0 fully saturated rings. The van der Waals surface area contributed by atoms with E-state index in [1.807, 2.05) is 0 Å². The van der Waals surface area contributed by atoms with E-state index in [4.69, 9.17) is 20.4 Å². The normalized spacial score (nSPS) is 10.4. The molecule has 6 N–H and O–H groups in total. The Balaban J connectivity index is 0.000000335. The molecule has 0 amide bonds. The molecular weight excluding hydrogens is 432 g/mol. The van der Waals surface area contributed by atoms with Crippen LogP contribution in [0, 0.1) is 0 Å². The summed E-state index contributed by atoms with van der Waals surface area (Å²) in [6.07, 6.45) is 1.79. The summed E-state index contributed by atoms with van der Waals surface area (Å²) in [4.78, 5) is 21.9. The monoisotopic (exact) mass is 464 g/mol. The number of phenols is 2. The van der Waals surface area contributed by atoms with Crippen molar-refractivity contribution in [3.63, 3.8) is 0 Å². The van der Waals surface area contributed by atoms with Crippen molar-refractivity contribution >= 4 is 11.8 Å². The summed E-state index contributed by atoms with van der Waals surface area (Å²) in [6, 6.07) is 6.48. The van der Waals surface area contributed by atoms with Gasteiger partial charge in [-0.1, -0.05) is 0 Å². The number of carbonyl (C=O) groups is 2. The van der Waals surface area contributed by atoms with Gasteiger partial charge in [0.2, 0.25) is 0 Å². The molecule has 0 bridgehead atoms. The van der Waals surface area contributed by atoms with Gasteiger partial charge in [0.05, 0.1) is 33.5 Å². The van der Waals surface area contributed by atoms with Gasteiger partial charge in [0.25, 0.3) is 0 Å². The van der Waals surface area contributed by atoms with Gasteiger partial charge >= 0.3 is 5.97 Å². The number of ether oxygens (including phenoxy) is 1. The molecule has 0 saturated carbocycles. The number of esters is 1. The van der Waals surface area contributed by atoms with E-state index in [-0.39, 0.29) is 56.1 Å². The molecule has 182 valence electrons. The first-order valence-electron chi connectivity index (χ1n) is 10.4. The molecule has 0 radical (unpaired) electrons. The Bertz CT molecular complexity index is 888. The number of carbonyl (C=O) groups excluding carboxylic acids is 2. The zero-order valence-corrected chi connectivity index (χ0v) is 18.9. The molecule has 0 saturated heterocycles. The Kier molecular flexibility index (Phi) is 12.1. The zero-order chi connectivity index (χ0) is 25.0. The minimum atomic E-state index is -0.315. The van der Waals surface area contributed by atoms with Crippen molar-refractivity contribution in [3.8, 4) is 11.5 Å². The lowest BCUT2D eigenvalue weighted by Gasteiger charge is -2.10. The van der Waals surface area contributed by atoms with Crippen LogP contribution in [0.4, 0.5) is 0 Å². The highest BCUT2D eigenvalue weighted by molar-refractivity contribution is 5.78. The number of benzene rings is 2. The first-order valence-corrected chi connectivity index (χ1v) is 10.4. The van der Waals surface area contributed by atoms with Crippen LogP contribution in [0.1, 0.15) is 53.1 Å². The molecule has 0 aliphatic heterocycles. The van der Waals surface area contributed by atoms with Crippen LogP contribution < -0.4 is 0 Å².